The predicted octanol–water partition coefficient (Wildman–Crippen LogP) is 5.67. The highest BCUT2D eigenvalue weighted by molar-refractivity contribution is 7.80. The van der Waals surface area contributed by atoms with Gasteiger partial charge in [0.15, 0.2) is 5.11 Å². The molecule has 4 aromatic rings. The summed E-state index contributed by atoms with van der Waals surface area (Å²) in [6.45, 7) is 8.15. The number of hydrogen-bond acceptors (Lipinski definition) is 4. The van der Waals surface area contributed by atoms with Gasteiger partial charge in [-0.2, -0.15) is 0 Å². The molecule has 2 atom stereocenters. The number of pyridine rings is 2. The smallest absolute Gasteiger partial charge is 0.170 e. The Morgan fingerprint density at radius 2 is 1.72 bits per heavy atom. The first-order valence-corrected chi connectivity index (χ1v) is 12.8. The van der Waals surface area contributed by atoms with Gasteiger partial charge >= 0.3 is 0 Å². The number of benzene rings is 1. The molecule has 36 heavy (non-hydrogen) atoms. The Morgan fingerprint density at radius 1 is 0.944 bits per heavy atom. The summed E-state index contributed by atoms with van der Waals surface area (Å²) in [5.41, 5.74) is 6.87. The molecule has 1 saturated heterocycles. The number of anilines is 1. The highest BCUT2D eigenvalue weighted by Crippen LogP contribution is 2.41. The first-order chi connectivity index (χ1) is 17.5. The van der Waals surface area contributed by atoms with Crippen molar-refractivity contribution < 1.29 is 0 Å². The molecule has 3 aromatic heterocycles. The van der Waals surface area contributed by atoms with Gasteiger partial charge in [-0.1, -0.05) is 30.3 Å². The van der Waals surface area contributed by atoms with Crippen LogP contribution < -0.4 is 10.6 Å². The molecule has 2 N–H and O–H groups in total. The van der Waals surface area contributed by atoms with Gasteiger partial charge < -0.3 is 20.1 Å². The standard InChI is InChI=1S/C29H32N6S/c1-20-11-9-16-32-28(20)35-21(2)19-24(22(35)3)27-26(25-14-7-8-15-31-25)33-29(36)34(27)18-10-17-30-23-12-5-4-6-13-23/h4-9,11-16,19,26-27,30H,10,17-18H2,1-3H3,(H,33,36)/t26-,27-/m1/s1. The van der Waals surface area contributed by atoms with Crippen LogP contribution in [-0.4, -0.2) is 37.6 Å². The van der Waals surface area contributed by atoms with Gasteiger partial charge in [0.25, 0.3) is 0 Å². The van der Waals surface area contributed by atoms with Crippen molar-refractivity contribution in [1.29, 1.82) is 0 Å². The topological polar surface area (TPSA) is 58.0 Å². The third-order valence-corrected chi connectivity index (χ3v) is 7.21. The fourth-order valence-corrected chi connectivity index (χ4v) is 5.48. The zero-order chi connectivity index (χ0) is 25.1. The predicted molar refractivity (Wildman–Crippen MR) is 149 cm³/mol. The molecule has 1 aromatic carbocycles. The minimum absolute atomic E-state index is 0.0282. The van der Waals surface area contributed by atoms with E-state index in [4.69, 9.17) is 22.2 Å². The molecule has 4 heterocycles. The van der Waals surface area contributed by atoms with Crippen molar-refractivity contribution in [2.45, 2.75) is 39.3 Å². The molecule has 0 radical (unpaired) electrons. The lowest BCUT2D eigenvalue weighted by atomic mass is 9.96. The third kappa shape index (κ3) is 4.71. The average molecular weight is 497 g/mol. The van der Waals surface area contributed by atoms with Crippen molar-refractivity contribution in [2.75, 3.05) is 18.4 Å². The number of nitrogens with zero attached hydrogens (tertiary/aromatic N) is 4. The summed E-state index contributed by atoms with van der Waals surface area (Å²) in [6.07, 6.45) is 4.67. The van der Waals surface area contributed by atoms with Gasteiger partial charge in [-0.3, -0.25) is 4.98 Å². The minimum Gasteiger partial charge on any atom is -0.385 e. The highest BCUT2D eigenvalue weighted by atomic mass is 32.1. The Morgan fingerprint density at radius 3 is 2.47 bits per heavy atom. The molecule has 0 amide bonds. The van der Waals surface area contributed by atoms with Crippen LogP contribution in [0.4, 0.5) is 5.69 Å². The molecule has 1 aliphatic heterocycles. The van der Waals surface area contributed by atoms with E-state index in [2.05, 4.69) is 83.3 Å². The van der Waals surface area contributed by atoms with Gasteiger partial charge in [0, 0.05) is 42.6 Å². The molecular formula is C29H32N6S. The molecule has 0 bridgehead atoms. The molecule has 7 heteroatoms. The third-order valence-electron chi connectivity index (χ3n) is 6.86. The van der Waals surface area contributed by atoms with E-state index in [1.165, 1.54) is 11.3 Å². The van der Waals surface area contributed by atoms with Crippen LogP contribution in [0.2, 0.25) is 0 Å². The van der Waals surface area contributed by atoms with Gasteiger partial charge in [-0.15, -0.1) is 0 Å². The van der Waals surface area contributed by atoms with Crippen molar-refractivity contribution in [3.8, 4) is 5.82 Å². The first kappa shape index (κ1) is 24.0. The van der Waals surface area contributed by atoms with E-state index < -0.39 is 0 Å². The number of hydrogen-bond donors (Lipinski definition) is 2. The zero-order valence-electron chi connectivity index (χ0n) is 21.0. The lowest BCUT2D eigenvalue weighted by molar-refractivity contribution is 0.315. The van der Waals surface area contributed by atoms with Gasteiger partial charge in [0.2, 0.25) is 0 Å². The van der Waals surface area contributed by atoms with Gasteiger partial charge in [0.05, 0.1) is 17.8 Å². The molecule has 0 saturated carbocycles. The summed E-state index contributed by atoms with van der Waals surface area (Å²) < 4.78 is 2.26. The van der Waals surface area contributed by atoms with Gasteiger partial charge in [-0.25, -0.2) is 4.98 Å². The van der Waals surface area contributed by atoms with Crippen molar-refractivity contribution in [2.24, 2.45) is 0 Å². The van der Waals surface area contributed by atoms with E-state index in [9.17, 15) is 0 Å². The van der Waals surface area contributed by atoms with Crippen LogP contribution >= 0.6 is 12.2 Å². The molecule has 184 valence electrons. The number of thiocarbonyl (C=S) groups is 1. The largest absolute Gasteiger partial charge is 0.385 e. The second-order valence-electron chi connectivity index (χ2n) is 9.27. The highest BCUT2D eigenvalue weighted by Gasteiger charge is 2.41. The number of nitrogens with one attached hydrogen (secondary N) is 2. The average Bonchev–Trinajstić information content (AvgIpc) is 3.38. The Bertz CT molecular complexity index is 1330. The van der Waals surface area contributed by atoms with Crippen LogP contribution in [0.5, 0.6) is 0 Å². The molecule has 1 aliphatic rings. The lowest BCUT2D eigenvalue weighted by Gasteiger charge is -2.28. The van der Waals surface area contributed by atoms with Crippen molar-refractivity contribution in [1.82, 2.24) is 24.8 Å². The summed E-state index contributed by atoms with van der Waals surface area (Å²) in [4.78, 5) is 11.7. The number of rotatable bonds is 8. The summed E-state index contributed by atoms with van der Waals surface area (Å²) in [5, 5.41) is 7.87. The molecular weight excluding hydrogens is 464 g/mol. The summed E-state index contributed by atoms with van der Waals surface area (Å²) in [6, 6.07) is 22.8. The van der Waals surface area contributed by atoms with E-state index >= 15 is 0 Å². The quantitative estimate of drug-likeness (QED) is 0.242. The number of para-hydroxylation sites is 1. The van der Waals surface area contributed by atoms with Gasteiger partial charge in [0.1, 0.15) is 5.82 Å². The fourth-order valence-electron chi connectivity index (χ4n) is 5.15. The van der Waals surface area contributed by atoms with E-state index in [1.807, 2.05) is 36.7 Å². The SMILES string of the molecule is Cc1cccnc1-n1c(C)cc([C@@H]2[C@@H](c3ccccn3)NC(=S)N2CCCNc2ccccc2)c1C. The van der Waals surface area contributed by atoms with Crippen molar-refractivity contribution in [3.63, 3.8) is 0 Å². The number of aromatic nitrogens is 3. The normalized spacial score (nSPS) is 17.3. The summed E-state index contributed by atoms with van der Waals surface area (Å²) in [7, 11) is 0. The fraction of sp³-hybridized carbons (Fsp3) is 0.276. The Kier molecular flexibility index (Phi) is 7.00. The maximum Gasteiger partial charge on any atom is 0.170 e. The van der Waals surface area contributed by atoms with E-state index in [0.29, 0.717) is 0 Å². The van der Waals surface area contributed by atoms with Crippen LogP contribution in [0.3, 0.4) is 0 Å². The lowest BCUT2D eigenvalue weighted by Crippen LogP contribution is -2.31. The first-order valence-electron chi connectivity index (χ1n) is 12.4. The van der Waals surface area contributed by atoms with Crippen LogP contribution in [0, 0.1) is 20.8 Å². The van der Waals surface area contributed by atoms with Crippen LogP contribution in [-0.2, 0) is 0 Å². The van der Waals surface area contributed by atoms with E-state index in [1.54, 1.807) is 0 Å². The number of aryl methyl sites for hydroxylation is 2. The molecule has 0 spiro atoms. The maximum absolute atomic E-state index is 5.88. The molecule has 5 rings (SSSR count). The molecule has 6 nitrogen and oxygen atoms in total. The minimum atomic E-state index is -0.0282. The second kappa shape index (κ2) is 10.5. The van der Waals surface area contributed by atoms with Crippen LogP contribution in [0.25, 0.3) is 5.82 Å². The molecule has 1 fully saturated rings. The molecule has 0 aliphatic carbocycles. The monoisotopic (exact) mass is 496 g/mol. The maximum atomic E-state index is 5.88. The zero-order valence-corrected chi connectivity index (χ0v) is 21.8. The van der Waals surface area contributed by atoms with Gasteiger partial charge in [-0.05, 0) is 86.9 Å². The van der Waals surface area contributed by atoms with E-state index in [0.717, 1.165) is 53.1 Å². The van der Waals surface area contributed by atoms with Crippen molar-refractivity contribution in [3.05, 3.63) is 107 Å². The van der Waals surface area contributed by atoms with Crippen LogP contribution in [0.15, 0.2) is 79.1 Å². The summed E-state index contributed by atoms with van der Waals surface area (Å²) in [5.74, 6) is 0.972. The second-order valence-corrected chi connectivity index (χ2v) is 9.66. The Labute approximate surface area is 218 Å². The Hall–Kier alpha value is -3.71. The van der Waals surface area contributed by atoms with E-state index in [-0.39, 0.29) is 12.1 Å². The molecule has 0 unspecified atom stereocenters. The Balaban J connectivity index is 1.46. The van der Waals surface area contributed by atoms with Crippen LogP contribution in [0.1, 0.15) is 46.7 Å². The van der Waals surface area contributed by atoms with Crippen molar-refractivity contribution >= 4 is 23.0 Å². The summed E-state index contributed by atoms with van der Waals surface area (Å²) >= 11 is 5.88.